The minimum atomic E-state index is -0.604. The summed E-state index contributed by atoms with van der Waals surface area (Å²) in [7, 11) is 1.80. The van der Waals surface area contributed by atoms with Gasteiger partial charge >= 0.3 is 0 Å². The van der Waals surface area contributed by atoms with Gasteiger partial charge in [0.2, 0.25) is 5.69 Å². The molecule has 1 amide bonds. The molecule has 8 nitrogen and oxygen atoms in total. The summed E-state index contributed by atoms with van der Waals surface area (Å²) in [5, 5.41) is 28.6. The number of amides is 1. The van der Waals surface area contributed by atoms with E-state index in [0.29, 0.717) is 29.8 Å². The lowest BCUT2D eigenvalue weighted by Gasteiger charge is -2.37. The lowest BCUT2D eigenvalue weighted by Crippen LogP contribution is -2.48. The summed E-state index contributed by atoms with van der Waals surface area (Å²) in [5.74, 6) is -0.245. The number of carbonyl (C=O) groups excluding carboxylic acids is 1. The van der Waals surface area contributed by atoms with Crippen LogP contribution in [-0.2, 0) is 13.6 Å². The Morgan fingerprint density at radius 2 is 2.00 bits per heavy atom. The number of aryl methyl sites for hydroxylation is 1. The van der Waals surface area contributed by atoms with Crippen LogP contribution >= 0.6 is 0 Å². The van der Waals surface area contributed by atoms with Gasteiger partial charge in [0.05, 0.1) is 36.0 Å². The van der Waals surface area contributed by atoms with Gasteiger partial charge < -0.3 is 15.2 Å². The van der Waals surface area contributed by atoms with Gasteiger partial charge in [-0.25, -0.2) is 4.98 Å². The van der Waals surface area contributed by atoms with Gasteiger partial charge in [0.25, 0.3) is 5.91 Å². The fourth-order valence-electron chi connectivity index (χ4n) is 4.72. The number of rotatable bonds is 5. The number of hydrogen-bond donors (Lipinski definition) is 1. The van der Waals surface area contributed by atoms with Gasteiger partial charge in [-0.05, 0) is 31.0 Å². The van der Waals surface area contributed by atoms with Gasteiger partial charge in [0.1, 0.15) is 5.69 Å². The Kier molecular flexibility index (Phi) is 5.98. The molecule has 1 aromatic carbocycles. The largest absolute Gasteiger partial charge is 0.618 e. The van der Waals surface area contributed by atoms with E-state index in [0.717, 1.165) is 34.0 Å². The third-order valence-electron chi connectivity index (χ3n) is 6.50. The molecule has 0 unspecified atom stereocenters. The number of aromatic nitrogens is 4. The van der Waals surface area contributed by atoms with Crippen molar-refractivity contribution in [3.05, 3.63) is 83.6 Å². The molecular formula is C26H27N5O3. The van der Waals surface area contributed by atoms with Crippen molar-refractivity contribution in [3.8, 4) is 11.3 Å². The molecule has 174 valence electrons. The van der Waals surface area contributed by atoms with Crippen LogP contribution in [0.2, 0.25) is 0 Å². The average Bonchev–Trinajstić information content (AvgIpc) is 3.28. The van der Waals surface area contributed by atoms with E-state index in [1.807, 2.05) is 36.4 Å². The maximum absolute atomic E-state index is 13.7. The smallest absolute Gasteiger partial charge is 0.273 e. The van der Waals surface area contributed by atoms with E-state index in [1.54, 1.807) is 41.2 Å². The number of para-hydroxylation sites is 1. The van der Waals surface area contributed by atoms with E-state index in [9.17, 15) is 15.1 Å². The van der Waals surface area contributed by atoms with Crippen molar-refractivity contribution in [1.29, 1.82) is 0 Å². The monoisotopic (exact) mass is 457 g/mol. The molecule has 1 fully saturated rings. The van der Waals surface area contributed by atoms with E-state index in [2.05, 4.69) is 10.1 Å². The number of benzene rings is 1. The molecule has 34 heavy (non-hydrogen) atoms. The van der Waals surface area contributed by atoms with Crippen molar-refractivity contribution in [3.63, 3.8) is 0 Å². The Bertz CT molecular complexity index is 1340. The summed E-state index contributed by atoms with van der Waals surface area (Å²) in [6.45, 7) is 0.213. The SMILES string of the molecule is Cn1cc(-c2ccc(CN(C(=O)c3ccc4ccccc4n3)[C@H]3CCCC[C@@H]3O)c[n+]2[O-])cn1. The number of pyridine rings is 2. The molecule has 1 saturated carbocycles. The summed E-state index contributed by atoms with van der Waals surface area (Å²) in [4.78, 5) is 19.9. The highest BCUT2D eigenvalue weighted by Gasteiger charge is 2.33. The highest BCUT2D eigenvalue weighted by molar-refractivity contribution is 5.95. The molecule has 1 aliphatic carbocycles. The lowest BCUT2D eigenvalue weighted by atomic mass is 9.90. The van der Waals surface area contributed by atoms with Gasteiger partial charge in [-0.15, -0.1) is 0 Å². The van der Waals surface area contributed by atoms with E-state index in [4.69, 9.17) is 0 Å². The summed E-state index contributed by atoms with van der Waals surface area (Å²) in [5.41, 5.74) is 2.98. The van der Waals surface area contributed by atoms with E-state index >= 15 is 0 Å². The highest BCUT2D eigenvalue weighted by Crippen LogP contribution is 2.27. The minimum Gasteiger partial charge on any atom is -0.618 e. The molecule has 0 bridgehead atoms. The quantitative estimate of drug-likeness (QED) is 0.367. The first-order chi connectivity index (χ1) is 16.5. The van der Waals surface area contributed by atoms with Crippen LogP contribution in [0.25, 0.3) is 22.2 Å². The minimum absolute atomic E-state index is 0.213. The Hall–Kier alpha value is -3.78. The van der Waals surface area contributed by atoms with Crippen molar-refractivity contribution >= 4 is 16.8 Å². The summed E-state index contributed by atoms with van der Waals surface area (Å²) < 4.78 is 2.45. The van der Waals surface area contributed by atoms with Crippen LogP contribution in [0.15, 0.2) is 67.1 Å². The number of aliphatic hydroxyl groups is 1. The molecule has 4 aromatic rings. The Balaban J connectivity index is 1.47. The van der Waals surface area contributed by atoms with Crippen LogP contribution in [0.4, 0.5) is 0 Å². The zero-order valence-electron chi connectivity index (χ0n) is 19.0. The fraction of sp³-hybridized carbons (Fsp3) is 0.308. The molecule has 1 aliphatic rings. The number of aliphatic hydroxyl groups excluding tert-OH is 1. The zero-order valence-corrected chi connectivity index (χ0v) is 19.0. The second-order valence-electron chi connectivity index (χ2n) is 8.89. The van der Waals surface area contributed by atoms with Crippen LogP contribution in [0.3, 0.4) is 0 Å². The molecule has 0 spiro atoms. The first-order valence-corrected chi connectivity index (χ1v) is 11.6. The van der Waals surface area contributed by atoms with Crippen molar-refractivity contribution in [2.24, 2.45) is 7.05 Å². The number of hydrogen-bond acceptors (Lipinski definition) is 5. The second-order valence-corrected chi connectivity index (χ2v) is 8.89. The third-order valence-corrected chi connectivity index (χ3v) is 6.50. The van der Waals surface area contributed by atoms with Crippen LogP contribution in [0.5, 0.6) is 0 Å². The molecule has 0 aliphatic heterocycles. The van der Waals surface area contributed by atoms with E-state index in [1.165, 1.54) is 6.20 Å². The topological polar surface area (TPSA) is 98.2 Å². The zero-order chi connectivity index (χ0) is 23.7. The van der Waals surface area contributed by atoms with Crippen molar-refractivity contribution < 1.29 is 14.6 Å². The first kappa shape index (κ1) is 22.0. The maximum atomic E-state index is 13.7. The summed E-state index contributed by atoms with van der Waals surface area (Å²) >= 11 is 0. The van der Waals surface area contributed by atoms with E-state index in [-0.39, 0.29) is 18.5 Å². The van der Waals surface area contributed by atoms with Gasteiger partial charge in [0, 0.05) is 30.3 Å². The van der Waals surface area contributed by atoms with Crippen LogP contribution < -0.4 is 4.73 Å². The van der Waals surface area contributed by atoms with Crippen LogP contribution in [-0.4, -0.2) is 42.8 Å². The van der Waals surface area contributed by atoms with E-state index < -0.39 is 6.10 Å². The molecule has 3 heterocycles. The molecule has 3 aromatic heterocycles. The van der Waals surface area contributed by atoms with Gasteiger partial charge in [-0.2, -0.15) is 9.83 Å². The Morgan fingerprint density at radius 3 is 2.76 bits per heavy atom. The van der Waals surface area contributed by atoms with Crippen molar-refractivity contribution in [2.75, 3.05) is 0 Å². The first-order valence-electron chi connectivity index (χ1n) is 11.6. The molecule has 8 heteroatoms. The number of fused-ring (bicyclic) bond motifs is 1. The number of carbonyl (C=O) groups is 1. The molecule has 0 radical (unpaired) electrons. The third kappa shape index (κ3) is 4.36. The normalized spacial score (nSPS) is 18.2. The predicted octanol–water partition coefficient (Wildman–Crippen LogP) is 3.21. The summed E-state index contributed by atoms with van der Waals surface area (Å²) in [6.07, 6.45) is 7.56. The van der Waals surface area contributed by atoms with Gasteiger partial charge in [-0.3, -0.25) is 9.48 Å². The molecule has 1 N–H and O–H groups in total. The molecular weight excluding hydrogens is 430 g/mol. The second kappa shape index (κ2) is 9.23. The van der Waals surface area contributed by atoms with Gasteiger partial charge in [-0.1, -0.05) is 37.1 Å². The standard InChI is InChI=1S/C26H27N5O3/c1-29-17-20(14-27-29)23-13-10-18(16-31(23)34)15-30(24-8-4-5-9-25(24)32)26(33)22-12-11-19-6-2-3-7-21(19)28-22/h2-3,6-7,10-14,16-17,24-25,32H,4-5,8-9,15H2,1H3/t24-,25-/m0/s1. The average molecular weight is 458 g/mol. The van der Waals surface area contributed by atoms with Crippen molar-refractivity contribution in [2.45, 2.75) is 44.4 Å². The Morgan fingerprint density at radius 1 is 1.18 bits per heavy atom. The lowest BCUT2D eigenvalue weighted by molar-refractivity contribution is -0.594. The summed E-state index contributed by atoms with van der Waals surface area (Å²) in [6, 6.07) is 14.5. The predicted molar refractivity (Wildman–Crippen MR) is 127 cm³/mol. The van der Waals surface area contributed by atoms with Crippen LogP contribution in [0, 0.1) is 5.21 Å². The highest BCUT2D eigenvalue weighted by atomic mass is 16.5. The molecule has 2 atom stereocenters. The van der Waals surface area contributed by atoms with Crippen molar-refractivity contribution in [1.82, 2.24) is 19.7 Å². The Labute approximate surface area is 197 Å². The van der Waals surface area contributed by atoms with Crippen LogP contribution in [0.1, 0.15) is 41.7 Å². The maximum Gasteiger partial charge on any atom is 0.273 e. The molecule has 0 saturated heterocycles. The molecule has 5 rings (SSSR count). The number of nitrogens with zero attached hydrogens (tertiary/aromatic N) is 5. The van der Waals surface area contributed by atoms with Gasteiger partial charge in [0.15, 0.2) is 6.20 Å². The fourth-order valence-corrected chi connectivity index (χ4v) is 4.72.